The molecule has 0 radical (unpaired) electrons. The molecule has 0 aliphatic heterocycles. The van der Waals surface area contributed by atoms with Crippen molar-refractivity contribution in [1.29, 1.82) is 0 Å². The summed E-state index contributed by atoms with van der Waals surface area (Å²) in [5.74, 6) is -1.43. The molecule has 2 N–H and O–H groups in total. The van der Waals surface area contributed by atoms with Gasteiger partial charge in [0.2, 0.25) is 0 Å². The Morgan fingerprint density at radius 3 is 2.59 bits per heavy atom. The summed E-state index contributed by atoms with van der Waals surface area (Å²) in [6.45, 7) is 3.26. The molecule has 1 atom stereocenters. The van der Waals surface area contributed by atoms with Crippen molar-refractivity contribution in [3.63, 3.8) is 0 Å². The van der Waals surface area contributed by atoms with Crippen molar-refractivity contribution in [2.75, 3.05) is 0 Å². The number of aliphatic carboxylic acids is 1. The average molecular weight is 301 g/mol. The second kappa shape index (κ2) is 5.65. The maximum Gasteiger partial charge on any atom is 0.306 e. The molecule has 1 rings (SSSR count). The summed E-state index contributed by atoms with van der Waals surface area (Å²) in [7, 11) is 0. The molecule has 0 bridgehead atoms. The quantitative estimate of drug-likeness (QED) is 0.879. The average Bonchev–Trinajstić information content (AvgIpc) is 2.14. The zero-order chi connectivity index (χ0) is 13.1. The smallest absolute Gasteiger partial charge is 0.306 e. The Kier molecular flexibility index (Phi) is 4.71. The Morgan fingerprint density at radius 1 is 1.47 bits per heavy atom. The number of carboxylic acids is 1. The normalized spacial score (nSPS) is 13.4. The minimum Gasteiger partial charge on any atom is -0.481 e. The van der Waals surface area contributed by atoms with Gasteiger partial charge in [-0.1, -0.05) is 28.1 Å². The van der Waals surface area contributed by atoms with Crippen molar-refractivity contribution in [3.8, 4) is 0 Å². The highest BCUT2D eigenvalue weighted by molar-refractivity contribution is 9.10. The van der Waals surface area contributed by atoms with Gasteiger partial charge < -0.3 is 10.2 Å². The van der Waals surface area contributed by atoms with Crippen LogP contribution in [-0.2, 0) is 11.2 Å². The Morgan fingerprint density at radius 2 is 2.12 bits per heavy atom. The summed E-state index contributed by atoms with van der Waals surface area (Å²) in [5, 5.41) is 18.8. The van der Waals surface area contributed by atoms with Gasteiger partial charge in [-0.2, -0.15) is 0 Å². The molecule has 0 aliphatic carbocycles. The molecule has 0 heterocycles. The van der Waals surface area contributed by atoms with Crippen molar-refractivity contribution in [2.24, 2.45) is 5.92 Å². The van der Waals surface area contributed by atoms with Gasteiger partial charge >= 0.3 is 5.97 Å². The van der Waals surface area contributed by atoms with Crippen LogP contribution < -0.4 is 0 Å². The van der Waals surface area contributed by atoms with Crippen LogP contribution in [0, 0.1) is 5.92 Å². The van der Waals surface area contributed by atoms with Gasteiger partial charge in [0.05, 0.1) is 11.5 Å². The number of halogens is 1. The molecule has 0 saturated heterocycles. The number of benzene rings is 1. The van der Waals surface area contributed by atoms with Crippen LogP contribution in [0.25, 0.3) is 0 Å². The SMILES string of the molecule is CC(C)(O)CC(Cc1cccc(Br)c1)C(=O)O. The second-order valence-electron chi connectivity index (χ2n) is 4.89. The van der Waals surface area contributed by atoms with Crippen molar-refractivity contribution < 1.29 is 15.0 Å². The lowest BCUT2D eigenvalue weighted by Crippen LogP contribution is -2.28. The minimum absolute atomic E-state index is 0.245. The molecular weight excluding hydrogens is 284 g/mol. The third-order valence-electron chi connectivity index (χ3n) is 2.47. The van der Waals surface area contributed by atoms with Gasteiger partial charge in [-0.15, -0.1) is 0 Å². The molecule has 17 heavy (non-hydrogen) atoms. The molecule has 1 unspecified atom stereocenters. The van der Waals surface area contributed by atoms with Crippen molar-refractivity contribution >= 4 is 21.9 Å². The first-order chi connectivity index (χ1) is 7.78. The summed E-state index contributed by atoms with van der Waals surface area (Å²) in [6, 6.07) is 7.57. The molecule has 3 nitrogen and oxygen atoms in total. The predicted molar refractivity (Wildman–Crippen MR) is 69.9 cm³/mol. The first-order valence-corrected chi connectivity index (χ1v) is 6.27. The first kappa shape index (κ1) is 14.2. The van der Waals surface area contributed by atoms with E-state index in [1.807, 2.05) is 24.3 Å². The van der Waals surface area contributed by atoms with Crippen LogP contribution in [0.3, 0.4) is 0 Å². The first-order valence-electron chi connectivity index (χ1n) is 5.47. The minimum atomic E-state index is -0.963. The van der Waals surface area contributed by atoms with Crippen molar-refractivity contribution in [3.05, 3.63) is 34.3 Å². The maximum absolute atomic E-state index is 11.1. The molecule has 0 aromatic heterocycles. The molecule has 0 aliphatic rings. The van der Waals surface area contributed by atoms with Crippen LogP contribution in [0.15, 0.2) is 28.7 Å². The maximum atomic E-state index is 11.1. The summed E-state index contributed by atoms with van der Waals surface area (Å²) in [5.41, 5.74) is -0.00857. The van der Waals surface area contributed by atoms with E-state index in [2.05, 4.69) is 15.9 Å². The van der Waals surface area contributed by atoms with Crippen LogP contribution in [0.5, 0.6) is 0 Å². The monoisotopic (exact) mass is 300 g/mol. The summed E-state index contributed by atoms with van der Waals surface area (Å²) < 4.78 is 0.933. The third-order valence-corrected chi connectivity index (χ3v) is 2.96. The highest BCUT2D eigenvalue weighted by Gasteiger charge is 2.26. The molecule has 0 amide bonds. The standard InChI is InChI=1S/C13H17BrO3/c1-13(2,17)8-10(12(15)16)6-9-4-3-5-11(14)7-9/h3-5,7,10,17H,6,8H2,1-2H3,(H,15,16). The van der Waals surface area contributed by atoms with Gasteiger partial charge in [-0.3, -0.25) is 4.79 Å². The van der Waals surface area contributed by atoms with Gasteiger partial charge in [0.25, 0.3) is 0 Å². The Hall–Kier alpha value is -0.870. The van der Waals surface area contributed by atoms with Crippen LogP contribution in [0.4, 0.5) is 0 Å². The molecule has 94 valence electrons. The second-order valence-corrected chi connectivity index (χ2v) is 5.80. The van der Waals surface area contributed by atoms with E-state index in [0.29, 0.717) is 6.42 Å². The lowest BCUT2D eigenvalue weighted by molar-refractivity contribution is -0.143. The van der Waals surface area contributed by atoms with Gasteiger partial charge in [-0.25, -0.2) is 0 Å². The van der Waals surface area contributed by atoms with E-state index in [4.69, 9.17) is 5.11 Å². The topological polar surface area (TPSA) is 57.5 Å². The zero-order valence-corrected chi connectivity index (χ0v) is 11.6. The number of carboxylic acid groups (broad SMARTS) is 1. The van der Waals surface area contributed by atoms with E-state index in [9.17, 15) is 9.90 Å². The Bertz CT molecular complexity index is 396. The number of aliphatic hydroxyl groups is 1. The highest BCUT2D eigenvalue weighted by atomic mass is 79.9. The van der Waals surface area contributed by atoms with E-state index in [0.717, 1.165) is 10.0 Å². The predicted octanol–water partition coefficient (Wildman–Crippen LogP) is 2.85. The molecule has 0 fully saturated rings. The van der Waals surface area contributed by atoms with E-state index >= 15 is 0 Å². The lowest BCUT2D eigenvalue weighted by atomic mass is 9.89. The van der Waals surface area contributed by atoms with Gasteiger partial charge in [-0.05, 0) is 44.4 Å². The zero-order valence-electron chi connectivity index (χ0n) is 9.98. The fourth-order valence-corrected chi connectivity index (χ4v) is 2.24. The van der Waals surface area contributed by atoms with Gasteiger partial charge in [0.1, 0.15) is 0 Å². The number of rotatable bonds is 5. The highest BCUT2D eigenvalue weighted by Crippen LogP contribution is 2.22. The molecular formula is C13H17BrO3. The van der Waals surface area contributed by atoms with Crippen molar-refractivity contribution in [2.45, 2.75) is 32.3 Å². The van der Waals surface area contributed by atoms with Crippen LogP contribution in [0.1, 0.15) is 25.8 Å². The lowest BCUT2D eigenvalue weighted by Gasteiger charge is -2.22. The fraction of sp³-hybridized carbons (Fsp3) is 0.462. The summed E-state index contributed by atoms with van der Waals surface area (Å²) in [4.78, 5) is 11.1. The molecule has 1 aromatic carbocycles. The van der Waals surface area contributed by atoms with Crippen LogP contribution in [-0.4, -0.2) is 21.8 Å². The van der Waals surface area contributed by atoms with Gasteiger partial charge in [0.15, 0.2) is 0 Å². The summed E-state index contributed by atoms with van der Waals surface area (Å²) >= 11 is 3.35. The Balaban J connectivity index is 2.77. The van der Waals surface area contributed by atoms with Crippen molar-refractivity contribution in [1.82, 2.24) is 0 Å². The van der Waals surface area contributed by atoms with Crippen LogP contribution >= 0.6 is 15.9 Å². The van der Waals surface area contributed by atoms with E-state index in [1.165, 1.54) is 0 Å². The Labute approximate surface area is 110 Å². The molecule has 0 spiro atoms. The van der Waals surface area contributed by atoms with E-state index in [1.54, 1.807) is 13.8 Å². The van der Waals surface area contributed by atoms with Crippen LogP contribution in [0.2, 0.25) is 0 Å². The third kappa shape index (κ3) is 5.33. The number of hydrogen-bond acceptors (Lipinski definition) is 2. The number of carbonyl (C=O) groups is 1. The summed E-state index contributed by atoms with van der Waals surface area (Å²) in [6.07, 6.45) is 0.674. The largest absolute Gasteiger partial charge is 0.481 e. The van der Waals surface area contributed by atoms with Gasteiger partial charge in [0, 0.05) is 4.47 Å². The van der Waals surface area contributed by atoms with E-state index in [-0.39, 0.29) is 6.42 Å². The molecule has 0 saturated carbocycles. The van der Waals surface area contributed by atoms with E-state index < -0.39 is 17.5 Å². The molecule has 4 heteroatoms. The molecule has 1 aromatic rings. The fourth-order valence-electron chi connectivity index (χ4n) is 1.80. The number of hydrogen-bond donors (Lipinski definition) is 2.